The molecule has 1 aromatic heterocycles. The van der Waals surface area contributed by atoms with Gasteiger partial charge in [-0.25, -0.2) is 9.37 Å². The van der Waals surface area contributed by atoms with E-state index in [2.05, 4.69) is 23.3 Å². The van der Waals surface area contributed by atoms with Crippen LogP contribution in [0.3, 0.4) is 0 Å². The van der Waals surface area contributed by atoms with Crippen molar-refractivity contribution in [1.29, 1.82) is 0 Å². The Balaban J connectivity index is 1.30. The fourth-order valence-electron chi connectivity index (χ4n) is 7.10. The second-order valence-corrected chi connectivity index (χ2v) is 10.3. The Morgan fingerprint density at radius 3 is 2.91 bits per heavy atom. The molecule has 0 bridgehead atoms. The lowest BCUT2D eigenvalue weighted by Gasteiger charge is -2.50. The van der Waals surface area contributed by atoms with E-state index in [-0.39, 0.29) is 17.2 Å². The van der Waals surface area contributed by atoms with E-state index < -0.39 is 6.23 Å². The molecule has 2 N–H and O–H groups in total. The smallest absolute Gasteiger partial charge is 0.139 e. The lowest BCUT2D eigenvalue weighted by Crippen LogP contribution is -2.44. The van der Waals surface area contributed by atoms with Gasteiger partial charge in [-0.05, 0) is 91.5 Å². The highest BCUT2D eigenvalue weighted by atomic mass is 19.1. The van der Waals surface area contributed by atoms with E-state index in [0.717, 1.165) is 37.7 Å². The molecule has 0 radical (unpaired) electrons. The third-order valence-electron chi connectivity index (χ3n) is 8.66. The summed E-state index contributed by atoms with van der Waals surface area (Å²) in [5, 5.41) is 13.6. The minimum atomic E-state index is -0.728. The van der Waals surface area contributed by atoms with Crippen LogP contribution in [0.25, 0.3) is 0 Å². The number of aliphatic hydroxyl groups excluding tert-OH is 1. The maximum atomic E-state index is 14.4. The normalized spacial score (nSPS) is 31.3. The first-order valence-electron chi connectivity index (χ1n) is 12.2. The number of rotatable bonds is 6. The Hall–Kier alpha value is -2.47. The first kappa shape index (κ1) is 22.3. The summed E-state index contributed by atoms with van der Waals surface area (Å²) < 4.78 is 19.6. The lowest BCUT2D eigenvalue weighted by atomic mass is 9.54. The number of pyridine rings is 1. The first-order chi connectivity index (χ1) is 15.9. The van der Waals surface area contributed by atoms with Crippen LogP contribution in [0, 0.1) is 29.0 Å². The molecule has 33 heavy (non-hydrogen) atoms. The van der Waals surface area contributed by atoms with Gasteiger partial charge >= 0.3 is 0 Å². The van der Waals surface area contributed by atoms with E-state index in [1.54, 1.807) is 31.5 Å². The molecule has 4 unspecified atom stereocenters. The fraction of sp³-hybridized carbons (Fsp3) is 0.556. The number of fused-ring (bicyclic) bond motifs is 5. The summed E-state index contributed by atoms with van der Waals surface area (Å²) in [7, 11) is 1.59. The van der Waals surface area contributed by atoms with Gasteiger partial charge in [0.2, 0.25) is 0 Å². The zero-order valence-electron chi connectivity index (χ0n) is 19.4. The van der Waals surface area contributed by atoms with Gasteiger partial charge in [-0.3, -0.25) is 4.79 Å². The Morgan fingerprint density at radius 1 is 1.30 bits per heavy atom. The van der Waals surface area contributed by atoms with Crippen molar-refractivity contribution in [2.75, 3.05) is 12.4 Å². The molecule has 2 fully saturated rings. The molecule has 2 saturated carbocycles. The third-order valence-corrected chi connectivity index (χ3v) is 8.66. The predicted molar refractivity (Wildman–Crippen MR) is 125 cm³/mol. The molecule has 0 amide bonds. The number of nitrogens with zero attached hydrogens (tertiary/aromatic N) is 1. The molecule has 5 rings (SSSR count). The number of ketones is 1. The van der Waals surface area contributed by atoms with E-state index in [9.17, 15) is 14.3 Å². The van der Waals surface area contributed by atoms with Gasteiger partial charge in [0.25, 0.3) is 0 Å². The van der Waals surface area contributed by atoms with Crippen LogP contribution in [0.15, 0.2) is 36.5 Å². The average molecular weight is 453 g/mol. The third kappa shape index (κ3) is 3.92. The first-order valence-corrected chi connectivity index (χ1v) is 12.2. The predicted octanol–water partition coefficient (Wildman–Crippen LogP) is 5.09. The fourth-order valence-corrected chi connectivity index (χ4v) is 7.10. The Morgan fingerprint density at radius 2 is 2.15 bits per heavy atom. The minimum absolute atomic E-state index is 0.0836. The Kier molecular flexibility index (Phi) is 5.89. The minimum Gasteiger partial charge on any atom is -0.495 e. The largest absolute Gasteiger partial charge is 0.495 e. The molecule has 3 aliphatic carbocycles. The summed E-state index contributed by atoms with van der Waals surface area (Å²) in [4.78, 5) is 17.4. The monoisotopic (exact) mass is 452 g/mol. The number of benzene rings is 1. The molecule has 1 aromatic carbocycles. The molecule has 2 aromatic rings. The van der Waals surface area contributed by atoms with Gasteiger partial charge in [-0.15, -0.1) is 0 Å². The molecule has 6 atom stereocenters. The van der Waals surface area contributed by atoms with Gasteiger partial charge in [0, 0.05) is 11.8 Å². The molecule has 3 aliphatic rings. The van der Waals surface area contributed by atoms with Crippen molar-refractivity contribution in [3.63, 3.8) is 0 Å². The maximum Gasteiger partial charge on any atom is 0.139 e. The van der Waals surface area contributed by atoms with E-state index >= 15 is 0 Å². The summed E-state index contributed by atoms with van der Waals surface area (Å²) in [5.41, 5.74) is 1.76. The standard InChI is InChI=1S/C27H33FN2O3/c1-27-13-12-19-18-4-3-5-22(28)20(18)8-9-21(19)26(27)16(14-23(27)31)6-11-25(32)30-24-10-7-17(33-2)15-29-24/h3-5,7,10,15-16,19,21,25-26,32H,6,8-9,11-14H2,1-2H3,(H,29,30)/t16-,19?,21?,25?,26?,27-/m1/s1. The number of Topliss-reactive ketones (excluding diaryl/α,β-unsaturated/α-hetero) is 1. The van der Waals surface area contributed by atoms with Crippen molar-refractivity contribution in [3.8, 4) is 5.75 Å². The summed E-state index contributed by atoms with van der Waals surface area (Å²) in [6, 6.07) is 9.08. The number of anilines is 1. The number of aromatic nitrogens is 1. The Labute approximate surface area is 194 Å². The van der Waals surface area contributed by atoms with Gasteiger partial charge in [0.1, 0.15) is 29.4 Å². The zero-order chi connectivity index (χ0) is 23.2. The highest BCUT2D eigenvalue weighted by molar-refractivity contribution is 5.87. The van der Waals surface area contributed by atoms with E-state index in [1.165, 1.54) is 5.56 Å². The number of methoxy groups -OCH3 is 1. The molecule has 1 heterocycles. The van der Waals surface area contributed by atoms with E-state index in [1.807, 2.05) is 6.07 Å². The van der Waals surface area contributed by atoms with E-state index in [4.69, 9.17) is 4.74 Å². The van der Waals surface area contributed by atoms with Crippen molar-refractivity contribution >= 4 is 11.6 Å². The number of carbonyl (C=O) groups is 1. The van der Waals surface area contributed by atoms with Gasteiger partial charge in [-0.1, -0.05) is 19.1 Å². The van der Waals surface area contributed by atoms with Crippen LogP contribution < -0.4 is 10.1 Å². The number of ether oxygens (including phenoxy) is 1. The maximum absolute atomic E-state index is 14.4. The van der Waals surface area contributed by atoms with Crippen LogP contribution >= 0.6 is 0 Å². The van der Waals surface area contributed by atoms with Crippen LogP contribution in [-0.4, -0.2) is 29.2 Å². The second-order valence-electron chi connectivity index (χ2n) is 10.3. The van der Waals surface area contributed by atoms with Crippen molar-refractivity contribution < 1.29 is 19.0 Å². The number of halogens is 1. The van der Waals surface area contributed by atoms with Crippen LogP contribution in [0.2, 0.25) is 0 Å². The van der Waals surface area contributed by atoms with Crippen LogP contribution in [0.1, 0.15) is 62.5 Å². The Bertz CT molecular complexity index is 1030. The number of nitrogens with one attached hydrogen (secondary N) is 1. The van der Waals surface area contributed by atoms with Gasteiger partial charge in [-0.2, -0.15) is 0 Å². The highest BCUT2D eigenvalue weighted by Crippen LogP contribution is 2.62. The average Bonchev–Trinajstić information content (AvgIpc) is 3.08. The highest BCUT2D eigenvalue weighted by Gasteiger charge is 2.58. The molecule has 176 valence electrons. The molecule has 6 heteroatoms. The molecule has 5 nitrogen and oxygen atoms in total. The summed E-state index contributed by atoms with van der Waals surface area (Å²) >= 11 is 0. The van der Waals surface area contributed by atoms with Crippen molar-refractivity contribution in [2.24, 2.45) is 23.2 Å². The number of hydrogen-bond donors (Lipinski definition) is 2. The topological polar surface area (TPSA) is 71.4 Å². The van der Waals surface area contributed by atoms with Crippen molar-refractivity contribution in [2.45, 2.75) is 64.0 Å². The van der Waals surface area contributed by atoms with Crippen LogP contribution in [0.4, 0.5) is 10.2 Å². The SMILES string of the molecule is COc1ccc(NC(O)CC[C@@H]2CC(=O)[C@@]3(C)CCC4c5cccc(F)c5CCC4C23)nc1. The number of aliphatic hydroxyl groups is 1. The van der Waals surface area contributed by atoms with Gasteiger partial charge in [0.05, 0.1) is 13.3 Å². The lowest BCUT2D eigenvalue weighted by molar-refractivity contribution is -0.129. The van der Waals surface area contributed by atoms with Crippen molar-refractivity contribution in [1.82, 2.24) is 4.98 Å². The van der Waals surface area contributed by atoms with Gasteiger partial charge < -0.3 is 15.2 Å². The van der Waals surface area contributed by atoms with Gasteiger partial charge in [0.15, 0.2) is 0 Å². The molecular weight excluding hydrogens is 419 g/mol. The molecular formula is C27H33FN2O3. The van der Waals surface area contributed by atoms with Crippen molar-refractivity contribution in [3.05, 3.63) is 53.5 Å². The van der Waals surface area contributed by atoms with E-state index in [0.29, 0.717) is 47.9 Å². The molecule has 0 aliphatic heterocycles. The van der Waals surface area contributed by atoms with Crippen LogP contribution in [-0.2, 0) is 11.2 Å². The summed E-state index contributed by atoms with van der Waals surface area (Å²) in [6.07, 6.45) is 6.35. The van der Waals surface area contributed by atoms with Crippen LogP contribution in [0.5, 0.6) is 5.75 Å². The number of hydrogen-bond acceptors (Lipinski definition) is 5. The molecule has 0 saturated heterocycles. The zero-order valence-corrected chi connectivity index (χ0v) is 19.4. The molecule has 0 spiro atoms. The number of carbonyl (C=O) groups excluding carboxylic acids is 1. The quantitative estimate of drug-likeness (QED) is 0.598. The second kappa shape index (κ2) is 8.71. The summed E-state index contributed by atoms with van der Waals surface area (Å²) in [5.74, 6) is 2.85. The summed E-state index contributed by atoms with van der Waals surface area (Å²) in [6.45, 7) is 2.16.